The molecular formula is C31H24F4N2O3S. The molecule has 0 amide bonds. The molecule has 0 radical (unpaired) electrons. The molecule has 2 aliphatic rings. The number of benzene rings is 3. The number of esters is 1. The van der Waals surface area contributed by atoms with Gasteiger partial charge < -0.3 is 9.47 Å². The van der Waals surface area contributed by atoms with Crippen LogP contribution in [0, 0.1) is 5.82 Å². The van der Waals surface area contributed by atoms with Crippen LogP contribution in [0.4, 0.5) is 17.6 Å². The number of carbonyl (C=O) groups is 1. The molecule has 3 aromatic carbocycles. The van der Waals surface area contributed by atoms with Gasteiger partial charge in [0.15, 0.2) is 0 Å². The minimum atomic E-state index is -4.72. The number of carbonyl (C=O) groups excluding carboxylic acids is 1. The smallest absolute Gasteiger partial charge is 0.417 e. The van der Waals surface area contributed by atoms with Crippen LogP contribution in [0.3, 0.4) is 0 Å². The van der Waals surface area contributed by atoms with E-state index in [1.165, 1.54) is 25.2 Å². The van der Waals surface area contributed by atoms with E-state index < -0.39 is 17.6 Å². The number of methoxy groups -OCH3 is 1. The first kappa shape index (κ1) is 27.3. The van der Waals surface area contributed by atoms with Crippen molar-refractivity contribution in [3.63, 3.8) is 0 Å². The van der Waals surface area contributed by atoms with Crippen LogP contribution in [0.5, 0.6) is 5.75 Å². The number of fused-ring (bicyclic) bond motifs is 2. The minimum absolute atomic E-state index is 0.0239. The molecule has 1 aliphatic heterocycles. The van der Waals surface area contributed by atoms with E-state index in [0.717, 1.165) is 21.6 Å². The van der Waals surface area contributed by atoms with Crippen molar-refractivity contribution in [2.75, 3.05) is 13.7 Å². The van der Waals surface area contributed by atoms with E-state index in [2.05, 4.69) is 9.97 Å². The third-order valence-electron chi connectivity index (χ3n) is 7.56. The Balaban J connectivity index is 1.33. The predicted octanol–water partition coefficient (Wildman–Crippen LogP) is 7.79. The largest absolute Gasteiger partial charge is 0.493 e. The van der Waals surface area contributed by atoms with Crippen LogP contribution in [-0.2, 0) is 22.1 Å². The molecule has 0 fully saturated rings. The SMILES string of the molecule is COC(=O)C[C@@H]1COc2cc(S[C@@H]3CCc4c(-c5ccc(-c6cncnc6)cc5)c(C(F)(F)F)cc(F)c43)ccc21. The van der Waals surface area contributed by atoms with Crippen molar-refractivity contribution in [1.82, 2.24) is 9.97 Å². The monoisotopic (exact) mass is 580 g/mol. The van der Waals surface area contributed by atoms with Gasteiger partial charge in [0.2, 0.25) is 0 Å². The van der Waals surface area contributed by atoms with Crippen molar-refractivity contribution >= 4 is 17.7 Å². The van der Waals surface area contributed by atoms with E-state index in [1.54, 1.807) is 36.7 Å². The Morgan fingerprint density at radius 3 is 2.49 bits per heavy atom. The summed E-state index contributed by atoms with van der Waals surface area (Å²) in [6, 6.07) is 13.0. The number of hydrogen-bond acceptors (Lipinski definition) is 6. The molecule has 41 heavy (non-hydrogen) atoms. The Morgan fingerprint density at radius 1 is 1.05 bits per heavy atom. The van der Waals surface area contributed by atoms with E-state index >= 15 is 4.39 Å². The minimum Gasteiger partial charge on any atom is -0.493 e. The summed E-state index contributed by atoms with van der Waals surface area (Å²) in [4.78, 5) is 20.5. The van der Waals surface area contributed by atoms with Gasteiger partial charge in [-0.15, -0.1) is 11.8 Å². The van der Waals surface area contributed by atoms with Crippen molar-refractivity contribution in [3.05, 3.63) is 95.3 Å². The van der Waals surface area contributed by atoms with Gasteiger partial charge in [0.25, 0.3) is 0 Å². The summed E-state index contributed by atoms with van der Waals surface area (Å²) in [5.74, 6) is -0.620. The highest BCUT2D eigenvalue weighted by molar-refractivity contribution is 7.99. The summed E-state index contributed by atoms with van der Waals surface area (Å²) < 4.78 is 68.6. The quantitative estimate of drug-likeness (QED) is 0.171. The Kier molecular flexibility index (Phi) is 7.19. The van der Waals surface area contributed by atoms with Crippen LogP contribution in [0.15, 0.2) is 72.1 Å². The Morgan fingerprint density at radius 2 is 1.78 bits per heavy atom. The number of aromatic nitrogens is 2. The van der Waals surface area contributed by atoms with E-state index in [1.807, 2.05) is 18.2 Å². The van der Waals surface area contributed by atoms with Crippen LogP contribution in [0.1, 0.15) is 46.3 Å². The molecule has 0 saturated heterocycles. The number of hydrogen-bond donors (Lipinski definition) is 0. The second-order valence-electron chi connectivity index (χ2n) is 10.0. The van der Waals surface area contributed by atoms with Crippen molar-refractivity contribution in [3.8, 4) is 28.0 Å². The maximum atomic E-state index is 15.4. The van der Waals surface area contributed by atoms with E-state index in [4.69, 9.17) is 9.47 Å². The molecule has 5 nitrogen and oxygen atoms in total. The molecular weight excluding hydrogens is 556 g/mol. The van der Waals surface area contributed by atoms with Crippen molar-refractivity contribution in [2.24, 2.45) is 0 Å². The van der Waals surface area contributed by atoms with Crippen LogP contribution < -0.4 is 4.74 Å². The molecule has 0 N–H and O–H groups in total. The molecule has 0 saturated carbocycles. The van der Waals surface area contributed by atoms with Gasteiger partial charge in [-0.2, -0.15) is 13.2 Å². The molecule has 1 aromatic heterocycles. The fourth-order valence-corrected chi connectivity index (χ4v) is 6.90. The zero-order valence-electron chi connectivity index (χ0n) is 21.9. The second kappa shape index (κ2) is 10.8. The van der Waals surface area contributed by atoms with E-state index in [0.29, 0.717) is 48.0 Å². The number of alkyl halides is 3. The van der Waals surface area contributed by atoms with E-state index in [-0.39, 0.29) is 29.1 Å². The van der Waals surface area contributed by atoms with Crippen molar-refractivity contribution in [2.45, 2.75) is 41.5 Å². The predicted molar refractivity (Wildman–Crippen MR) is 146 cm³/mol. The van der Waals surface area contributed by atoms with Crippen LogP contribution >= 0.6 is 11.8 Å². The highest BCUT2D eigenvalue weighted by Crippen LogP contribution is 2.52. The maximum absolute atomic E-state index is 15.4. The first-order valence-corrected chi connectivity index (χ1v) is 13.9. The lowest BCUT2D eigenvalue weighted by molar-refractivity contribution is -0.141. The Bertz CT molecular complexity index is 1610. The van der Waals surface area contributed by atoms with Gasteiger partial charge in [0.1, 0.15) is 17.9 Å². The van der Waals surface area contributed by atoms with Gasteiger partial charge in [0.05, 0.1) is 25.7 Å². The summed E-state index contributed by atoms with van der Waals surface area (Å²) in [5.41, 5.74) is 2.54. The lowest BCUT2D eigenvalue weighted by atomic mass is 9.90. The normalized spacial score (nSPS) is 17.6. The van der Waals surface area contributed by atoms with Crippen molar-refractivity contribution < 1.29 is 31.8 Å². The summed E-state index contributed by atoms with van der Waals surface area (Å²) in [7, 11) is 1.34. The zero-order chi connectivity index (χ0) is 28.7. The second-order valence-corrected chi connectivity index (χ2v) is 11.3. The van der Waals surface area contributed by atoms with Crippen LogP contribution in [0.2, 0.25) is 0 Å². The number of rotatable bonds is 6. The topological polar surface area (TPSA) is 61.3 Å². The fraction of sp³-hybridized carbons (Fsp3) is 0.258. The van der Waals surface area contributed by atoms with Gasteiger partial charge in [-0.1, -0.05) is 30.3 Å². The summed E-state index contributed by atoms with van der Waals surface area (Å²) in [6.07, 6.45) is 0.963. The number of thioether (sulfide) groups is 1. The number of ether oxygens (including phenoxy) is 2. The van der Waals surface area contributed by atoms with Crippen LogP contribution in [0.25, 0.3) is 22.3 Å². The Hall–Kier alpha value is -3.92. The third kappa shape index (κ3) is 5.28. The Labute approximate surface area is 237 Å². The third-order valence-corrected chi connectivity index (χ3v) is 8.84. The molecule has 2 atom stereocenters. The maximum Gasteiger partial charge on any atom is 0.417 e. The molecule has 1 aliphatic carbocycles. The lowest BCUT2D eigenvalue weighted by Crippen LogP contribution is -2.11. The van der Waals surface area contributed by atoms with Gasteiger partial charge in [-0.3, -0.25) is 4.79 Å². The molecule has 10 heteroatoms. The molecule has 6 rings (SSSR count). The molecule has 210 valence electrons. The first-order chi connectivity index (χ1) is 19.7. The highest BCUT2D eigenvalue weighted by atomic mass is 32.2. The van der Waals surface area contributed by atoms with Gasteiger partial charge >= 0.3 is 12.1 Å². The average molecular weight is 581 g/mol. The summed E-state index contributed by atoms with van der Waals surface area (Å²) in [6.45, 7) is 0.360. The number of nitrogens with zero attached hydrogens (tertiary/aromatic N) is 2. The molecule has 2 heterocycles. The lowest BCUT2D eigenvalue weighted by Gasteiger charge is -2.20. The molecule has 4 aromatic rings. The summed E-state index contributed by atoms with van der Waals surface area (Å²) in [5, 5.41) is -0.364. The zero-order valence-corrected chi connectivity index (χ0v) is 22.7. The number of halogens is 4. The molecule has 0 spiro atoms. The van der Waals surface area contributed by atoms with Gasteiger partial charge in [0, 0.05) is 45.1 Å². The fourth-order valence-electron chi connectivity index (χ4n) is 5.64. The first-order valence-electron chi connectivity index (χ1n) is 13.0. The molecule has 0 unspecified atom stereocenters. The van der Waals surface area contributed by atoms with Crippen LogP contribution in [-0.4, -0.2) is 29.7 Å². The van der Waals surface area contributed by atoms with Gasteiger partial charge in [-0.05, 0) is 53.3 Å². The molecule has 0 bridgehead atoms. The van der Waals surface area contributed by atoms with Gasteiger partial charge in [-0.25, -0.2) is 14.4 Å². The standard InChI is InChI=1S/C31H24F4N2O3S/c1-39-28(38)10-19-15-40-26-11-21(6-7-22(19)26)41-27-9-8-23-29(24(31(33,34)35)12-25(32)30(23)27)18-4-2-17(3-5-18)20-13-36-16-37-14-20/h2-7,11-14,16,19,27H,8-10,15H2,1H3/t19-,27-/m1/s1. The average Bonchev–Trinajstić information content (AvgIpc) is 3.57. The van der Waals surface area contributed by atoms with Crippen molar-refractivity contribution in [1.29, 1.82) is 0 Å². The highest BCUT2D eigenvalue weighted by Gasteiger charge is 2.40. The van der Waals surface area contributed by atoms with E-state index in [9.17, 15) is 18.0 Å². The summed E-state index contributed by atoms with van der Waals surface area (Å²) >= 11 is 1.40.